The number of hydrogen-bond donors (Lipinski definition) is 0. The van der Waals surface area contributed by atoms with E-state index in [4.69, 9.17) is 4.74 Å². The summed E-state index contributed by atoms with van der Waals surface area (Å²) in [5.74, 6) is -0.139. The van der Waals surface area contributed by atoms with Crippen LogP contribution in [0.25, 0.3) is 6.08 Å². The zero-order valence-electron chi connectivity index (χ0n) is 12.9. The number of carbonyl (C=O) groups is 2. The molecule has 0 unspecified atom stereocenters. The predicted molar refractivity (Wildman–Crippen MR) is 90.9 cm³/mol. The van der Waals surface area contributed by atoms with Crippen molar-refractivity contribution in [1.82, 2.24) is 4.90 Å². The zero-order chi connectivity index (χ0) is 17.1. The van der Waals surface area contributed by atoms with E-state index in [-0.39, 0.29) is 6.54 Å². The molecule has 24 heavy (non-hydrogen) atoms. The third-order valence-electron chi connectivity index (χ3n) is 3.57. The number of carbonyl (C=O) groups excluding carboxylic acids is 2. The topological polar surface area (TPSA) is 46.6 Å². The molecule has 0 bridgehead atoms. The lowest BCUT2D eigenvalue weighted by Gasteiger charge is -2.12. The number of imide groups is 1. The van der Waals surface area contributed by atoms with E-state index in [1.54, 1.807) is 55.7 Å². The van der Waals surface area contributed by atoms with Gasteiger partial charge in [0.25, 0.3) is 11.1 Å². The fourth-order valence-electron chi connectivity index (χ4n) is 2.28. The highest BCUT2D eigenvalue weighted by molar-refractivity contribution is 8.18. The van der Waals surface area contributed by atoms with Crippen molar-refractivity contribution in [2.45, 2.75) is 6.54 Å². The Balaban J connectivity index is 1.80. The first kappa shape index (κ1) is 16.3. The van der Waals surface area contributed by atoms with Gasteiger partial charge >= 0.3 is 0 Å². The molecule has 6 heteroatoms. The highest BCUT2D eigenvalue weighted by atomic mass is 32.2. The Labute approximate surface area is 142 Å². The van der Waals surface area contributed by atoms with Gasteiger partial charge in [-0.05, 0) is 41.6 Å². The van der Waals surface area contributed by atoms with Gasteiger partial charge in [-0.25, -0.2) is 4.39 Å². The fraction of sp³-hybridized carbons (Fsp3) is 0.111. The molecule has 0 atom stereocenters. The van der Waals surface area contributed by atoms with Crippen LogP contribution in [0.4, 0.5) is 9.18 Å². The average Bonchev–Trinajstić information content (AvgIpc) is 2.85. The van der Waals surface area contributed by atoms with E-state index < -0.39 is 17.0 Å². The number of methoxy groups -OCH3 is 1. The number of nitrogens with zero attached hydrogens (tertiary/aromatic N) is 1. The van der Waals surface area contributed by atoms with Crippen molar-refractivity contribution in [3.8, 4) is 5.75 Å². The van der Waals surface area contributed by atoms with Crippen molar-refractivity contribution in [1.29, 1.82) is 0 Å². The van der Waals surface area contributed by atoms with E-state index in [0.29, 0.717) is 16.2 Å². The highest BCUT2D eigenvalue weighted by Crippen LogP contribution is 2.33. The van der Waals surface area contributed by atoms with Crippen molar-refractivity contribution in [2.24, 2.45) is 0 Å². The molecule has 122 valence electrons. The Morgan fingerprint density at radius 1 is 1.12 bits per heavy atom. The number of benzene rings is 2. The molecule has 0 aromatic heterocycles. The summed E-state index contributed by atoms with van der Waals surface area (Å²) in [4.78, 5) is 25.9. The smallest absolute Gasteiger partial charge is 0.293 e. The van der Waals surface area contributed by atoms with Crippen LogP contribution < -0.4 is 4.74 Å². The lowest BCUT2D eigenvalue weighted by molar-refractivity contribution is -0.123. The summed E-state index contributed by atoms with van der Waals surface area (Å²) in [6.07, 6.45) is 1.64. The maximum atomic E-state index is 13.7. The van der Waals surface area contributed by atoms with E-state index in [2.05, 4.69) is 0 Å². The minimum atomic E-state index is -0.435. The van der Waals surface area contributed by atoms with Crippen molar-refractivity contribution >= 4 is 29.0 Å². The van der Waals surface area contributed by atoms with Gasteiger partial charge in [0.1, 0.15) is 11.6 Å². The molecule has 1 aliphatic heterocycles. The summed E-state index contributed by atoms with van der Waals surface area (Å²) in [6, 6.07) is 13.2. The normalized spacial score (nSPS) is 16.1. The summed E-state index contributed by atoms with van der Waals surface area (Å²) >= 11 is 0.857. The molecule has 0 spiro atoms. The van der Waals surface area contributed by atoms with Gasteiger partial charge in [0.05, 0.1) is 18.6 Å². The maximum absolute atomic E-state index is 13.7. The summed E-state index contributed by atoms with van der Waals surface area (Å²) in [5, 5.41) is -0.400. The minimum absolute atomic E-state index is 0.0721. The third-order valence-corrected chi connectivity index (χ3v) is 4.48. The van der Waals surface area contributed by atoms with Gasteiger partial charge < -0.3 is 4.74 Å². The first-order valence-electron chi connectivity index (χ1n) is 7.21. The van der Waals surface area contributed by atoms with Crippen molar-refractivity contribution in [2.75, 3.05) is 7.11 Å². The van der Waals surface area contributed by atoms with E-state index in [1.807, 2.05) is 0 Å². The maximum Gasteiger partial charge on any atom is 0.293 e. The first-order valence-corrected chi connectivity index (χ1v) is 8.03. The molecule has 0 N–H and O–H groups in total. The lowest BCUT2D eigenvalue weighted by Crippen LogP contribution is -2.27. The second kappa shape index (κ2) is 6.88. The van der Waals surface area contributed by atoms with Crippen molar-refractivity contribution in [3.63, 3.8) is 0 Å². The van der Waals surface area contributed by atoms with E-state index in [0.717, 1.165) is 22.2 Å². The van der Waals surface area contributed by atoms with Gasteiger partial charge in [-0.3, -0.25) is 14.5 Å². The Hall–Kier alpha value is -2.60. The van der Waals surface area contributed by atoms with Crippen LogP contribution in [-0.4, -0.2) is 23.2 Å². The molecule has 4 nitrogen and oxygen atoms in total. The molecule has 0 aliphatic carbocycles. The van der Waals surface area contributed by atoms with E-state index in [1.165, 1.54) is 6.07 Å². The summed E-state index contributed by atoms with van der Waals surface area (Å²) in [6.45, 7) is -0.0721. The second-order valence-electron chi connectivity index (χ2n) is 5.13. The van der Waals surface area contributed by atoms with Crippen LogP contribution in [-0.2, 0) is 11.3 Å². The van der Waals surface area contributed by atoms with Gasteiger partial charge in [-0.1, -0.05) is 30.3 Å². The van der Waals surface area contributed by atoms with Gasteiger partial charge in [-0.2, -0.15) is 0 Å². The SMILES string of the molecule is COc1ccc(C=C2SC(=O)N(Cc3ccccc3F)C2=O)cc1. The minimum Gasteiger partial charge on any atom is -0.497 e. The van der Waals surface area contributed by atoms with Crippen LogP contribution in [0.2, 0.25) is 0 Å². The molecule has 1 aliphatic rings. The number of hydrogen-bond acceptors (Lipinski definition) is 4. The Morgan fingerprint density at radius 3 is 2.50 bits per heavy atom. The first-order chi connectivity index (χ1) is 11.6. The summed E-state index contributed by atoms with van der Waals surface area (Å²) in [7, 11) is 1.57. The molecule has 1 saturated heterocycles. The van der Waals surface area contributed by atoms with Crippen LogP contribution >= 0.6 is 11.8 Å². The van der Waals surface area contributed by atoms with Crippen molar-refractivity contribution in [3.05, 3.63) is 70.4 Å². The second-order valence-corrected chi connectivity index (χ2v) is 6.13. The van der Waals surface area contributed by atoms with E-state index >= 15 is 0 Å². The number of halogens is 1. The Bertz CT molecular complexity index is 817. The van der Waals surface area contributed by atoms with Crippen LogP contribution in [0.1, 0.15) is 11.1 Å². The molecular weight excluding hydrogens is 329 g/mol. The fourth-order valence-corrected chi connectivity index (χ4v) is 3.12. The molecule has 1 fully saturated rings. The van der Waals surface area contributed by atoms with Crippen LogP contribution in [0.15, 0.2) is 53.4 Å². The zero-order valence-corrected chi connectivity index (χ0v) is 13.7. The number of thioether (sulfide) groups is 1. The molecule has 0 saturated carbocycles. The predicted octanol–water partition coefficient (Wildman–Crippen LogP) is 4.07. The van der Waals surface area contributed by atoms with Crippen LogP contribution in [0.5, 0.6) is 5.75 Å². The van der Waals surface area contributed by atoms with Crippen LogP contribution in [0.3, 0.4) is 0 Å². The molecular formula is C18H14FNO3S. The highest BCUT2D eigenvalue weighted by Gasteiger charge is 2.35. The monoisotopic (exact) mass is 343 g/mol. The molecule has 0 radical (unpaired) electrons. The van der Waals surface area contributed by atoms with Gasteiger partial charge in [0.15, 0.2) is 0 Å². The summed E-state index contributed by atoms with van der Waals surface area (Å²) in [5.41, 5.74) is 1.10. The number of amides is 2. The standard InChI is InChI=1S/C18H14FNO3S/c1-23-14-8-6-12(7-9-14)10-16-17(21)20(18(22)24-16)11-13-4-2-3-5-15(13)19/h2-10H,11H2,1H3. The quantitative estimate of drug-likeness (QED) is 0.785. The Kier molecular flexibility index (Phi) is 4.66. The molecule has 1 heterocycles. The molecule has 2 amide bonds. The average molecular weight is 343 g/mol. The van der Waals surface area contributed by atoms with Crippen LogP contribution in [0, 0.1) is 5.82 Å². The number of rotatable bonds is 4. The largest absolute Gasteiger partial charge is 0.497 e. The van der Waals surface area contributed by atoms with Crippen molar-refractivity contribution < 1.29 is 18.7 Å². The number of ether oxygens (including phenoxy) is 1. The molecule has 3 rings (SSSR count). The summed E-state index contributed by atoms with van der Waals surface area (Å²) < 4.78 is 18.8. The Morgan fingerprint density at radius 2 is 1.83 bits per heavy atom. The van der Waals surface area contributed by atoms with Gasteiger partial charge in [-0.15, -0.1) is 0 Å². The molecule has 2 aromatic rings. The van der Waals surface area contributed by atoms with E-state index in [9.17, 15) is 14.0 Å². The third kappa shape index (κ3) is 3.33. The van der Waals surface area contributed by atoms with Gasteiger partial charge in [0.2, 0.25) is 0 Å². The van der Waals surface area contributed by atoms with Gasteiger partial charge in [0, 0.05) is 5.56 Å². The molecule has 2 aromatic carbocycles. The lowest BCUT2D eigenvalue weighted by atomic mass is 10.2.